The highest BCUT2D eigenvalue weighted by Gasteiger charge is 2.21. The Morgan fingerprint density at radius 3 is 2.29 bits per heavy atom. The number of nitro groups is 1. The number of rotatable bonds is 7. The predicted molar refractivity (Wildman–Crippen MR) is 109 cm³/mol. The monoisotopic (exact) mass is 397 g/mol. The summed E-state index contributed by atoms with van der Waals surface area (Å²) in [5.41, 5.74) is 2.41. The molecule has 8 heteroatoms. The molecule has 0 amide bonds. The molecule has 0 aliphatic heterocycles. The molecular weight excluding hydrogens is 378 g/mol. The van der Waals surface area contributed by atoms with Crippen LogP contribution in [0.25, 0.3) is 0 Å². The van der Waals surface area contributed by atoms with Crippen LogP contribution in [-0.2, 0) is 16.6 Å². The van der Waals surface area contributed by atoms with Gasteiger partial charge in [0, 0.05) is 18.3 Å². The van der Waals surface area contributed by atoms with E-state index in [1.807, 2.05) is 31.2 Å². The molecule has 7 nitrogen and oxygen atoms in total. The summed E-state index contributed by atoms with van der Waals surface area (Å²) in [7, 11) is -3.94. The summed E-state index contributed by atoms with van der Waals surface area (Å²) < 4.78 is 27.5. The van der Waals surface area contributed by atoms with Crippen LogP contribution >= 0.6 is 0 Å². The fraction of sp³-hybridized carbons (Fsp3) is 0.100. The van der Waals surface area contributed by atoms with Gasteiger partial charge in [-0.05, 0) is 36.8 Å². The van der Waals surface area contributed by atoms with Crippen molar-refractivity contribution >= 4 is 27.1 Å². The van der Waals surface area contributed by atoms with Crippen molar-refractivity contribution in [2.45, 2.75) is 18.4 Å². The van der Waals surface area contributed by atoms with E-state index in [-0.39, 0.29) is 16.3 Å². The van der Waals surface area contributed by atoms with Crippen molar-refractivity contribution in [1.29, 1.82) is 0 Å². The van der Waals surface area contributed by atoms with E-state index in [1.54, 1.807) is 30.3 Å². The SMILES string of the molecule is Cc1ccc(CNc2ccc(S(=O)(=O)Nc3ccccc3)cc2[N+](=O)[O-])cc1. The number of hydrogen-bond donors (Lipinski definition) is 2. The minimum absolute atomic E-state index is 0.177. The molecule has 0 bridgehead atoms. The molecule has 0 unspecified atom stereocenters. The van der Waals surface area contributed by atoms with E-state index in [4.69, 9.17) is 0 Å². The molecule has 3 aromatic rings. The third-order valence-corrected chi connectivity index (χ3v) is 5.48. The summed E-state index contributed by atoms with van der Waals surface area (Å²) in [6, 6.07) is 19.9. The highest BCUT2D eigenvalue weighted by Crippen LogP contribution is 2.29. The Kier molecular flexibility index (Phi) is 5.60. The number of benzene rings is 3. The molecule has 0 aliphatic rings. The van der Waals surface area contributed by atoms with E-state index >= 15 is 0 Å². The van der Waals surface area contributed by atoms with Crippen LogP contribution in [0.2, 0.25) is 0 Å². The molecule has 0 heterocycles. The zero-order valence-electron chi connectivity index (χ0n) is 15.1. The van der Waals surface area contributed by atoms with Crippen molar-refractivity contribution in [3.05, 3.63) is 94.0 Å². The summed E-state index contributed by atoms with van der Waals surface area (Å²) in [5.74, 6) is 0. The number of nitro benzene ring substituents is 1. The second kappa shape index (κ2) is 8.10. The van der Waals surface area contributed by atoms with Crippen molar-refractivity contribution < 1.29 is 13.3 Å². The van der Waals surface area contributed by atoms with Gasteiger partial charge in [-0.3, -0.25) is 14.8 Å². The maximum Gasteiger partial charge on any atom is 0.293 e. The van der Waals surface area contributed by atoms with Gasteiger partial charge in [0.15, 0.2) is 0 Å². The molecule has 0 spiro atoms. The standard InChI is InChI=1S/C20H19N3O4S/c1-15-7-9-16(10-8-15)14-21-19-12-11-18(13-20(19)23(24)25)28(26,27)22-17-5-3-2-4-6-17/h2-13,21-22H,14H2,1H3. The van der Waals surface area contributed by atoms with Crippen LogP contribution in [0.1, 0.15) is 11.1 Å². The molecule has 28 heavy (non-hydrogen) atoms. The molecule has 3 aromatic carbocycles. The Morgan fingerprint density at radius 2 is 1.64 bits per heavy atom. The van der Waals surface area contributed by atoms with Crippen LogP contribution in [0.5, 0.6) is 0 Å². The third-order valence-electron chi connectivity index (χ3n) is 4.11. The van der Waals surface area contributed by atoms with Crippen molar-refractivity contribution in [1.82, 2.24) is 0 Å². The highest BCUT2D eigenvalue weighted by molar-refractivity contribution is 7.92. The predicted octanol–water partition coefficient (Wildman–Crippen LogP) is 4.32. The van der Waals surface area contributed by atoms with Crippen LogP contribution in [-0.4, -0.2) is 13.3 Å². The van der Waals surface area contributed by atoms with E-state index < -0.39 is 14.9 Å². The Labute approximate surface area is 163 Å². The van der Waals surface area contributed by atoms with E-state index in [0.29, 0.717) is 12.2 Å². The number of hydrogen-bond acceptors (Lipinski definition) is 5. The van der Waals surface area contributed by atoms with E-state index in [0.717, 1.165) is 17.2 Å². The molecule has 0 saturated heterocycles. The summed E-state index contributed by atoms with van der Waals surface area (Å²) in [4.78, 5) is 10.7. The van der Waals surface area contributed by atoms with Crippen molar-refractivity contribution in [3.8, 4) is 0 Å². The van der Waals surface area contributed by atoms with Crippen LogP contribution in [0.3, 0.4) is 0 Å². The lowest BCUT2D eigenvalue weighted by Gasteiger charge is -2.11. The fourth-order valence-electron chi connectivity index (χ4n) is 2.60. The number of sulfonamides is 1. The van der Waals surface area contributed by atoms with Gasteiger partial charge in [-0.1, -0.05) is 48.0 Å². The Morgan fingerprint density at radius 1 is 0.964 bits per heavy atom. The van der Waals surface area contributed by atoms with Gasteiger partial charge in [0.1, 0.15) is 5.69 Å². The molecule has 3 rings (SSSR count). The third kappa shape index (κ3) is 4.66. The van der Waals surface area contributed by atoms with Crippen LogP contribution < -0.4 is 10.0 Å². The Balaban J connectivity index is 1.84. The van der Waals surface area contributed by atoms with Gasteiger partial charge >= 0.3 is 0 Å². The maximum atomic E-state index is 12.5. The van der Waals surface area contributed by atoms with Crippen LogP contribution in [0.4, 0.5) is 17.1 Å². The summed E-state index contributed by atoms with van der Waals surface area (Å²) in [5, 5.41) is 14.5. The highest BCUT2D eigenvalue weighted by atomic mass is 32.2. The lowest BCUT2D eigenvalue weighted by Crippen LogP contribution is -2.13. The van der Waals surface area contributed by atoms with E-state index in [1.165, 1.54) is 12.1 Å². The molecule has 144 valence electrons. The van der Waals surface area contributed by atoms with Crippen molar-refractivity contribution in [3.63, 3.8) is 0 Å². The fourth-order valence-corrected chi connectivity index (χ4v) is 3.68. The lowest BCUT2D eigenvalue weighted by atomic mass is 10.1. The van der Waals surface area contributed by atoms with Crippen LogP contribution in [0.15, 0.2) is 77.7 Å². The average molecular weight is 397 g/mol. The zero-order valence-corrected chi connectivity index (χ0v) is 15.9. The Bertz CT molecular complexity index is 1080. The number of nitrogens with zero attached hydrogens (tertiary/aromatic N) is 1. The normalized spacial score (nSPS) is 11.0. The average Bonchev–Trinajstić information content (AvgIpc) is 2.68. The molecule has 0 saturated carbocycles. The first kappa shape index (κ1) is 19.4. The Hall–Kier alpha value is -3.39. The smallest absolute Gasteiger partial charge is 0.293 e. The minimum Gasteiger partial charge on any atom is -0.375 e. The van der Waals surface area contributed by atoms with Gasteiger partial charge in [-0.2, -0.15) is 0 Å². The number of para-hydroxylation sites is 1. The van der Waals surface area contributed by atoms with Gasteiger partial charge < -0.3 is 5.32 Å². The number of nitrogens with one attached hydrogen (secondary N) is 2. The first-order chi connectivity index (χ1) is 13.3. The first-order valence-corrected chi connectivity index (χ1v) is 9.99. The molecule has 2 N–H and O–H groups in total. The largest absolute Gasteiger partial charge is 0.375 e. The number of aryl methyl sites for hydroxylation is 1. The first-order valence-electron chi connectivity index (χ1n) is 8.51. The molecule has 0 atom stereocenters. The molecule has 0 fully saturated rings. The molecule has 0 aromatic heterocycles. The maximum absolute atomic E-state index is 12.5. The van der Waals surface area contributed by atoms with Crippen LogP contribution in [0, 0.1) is 17.0 Å². The van der Waals surface area contributed by atoms with E-state index in [9.17, 15) is 18.5 Å². The van der Waals surface area contributed by atoms with Gasteiger partial charge in [0.25, 0.3) is 15.7 Å². The quantitative estimate of drug-likeness (QED) is 0.457. The topological polar surface area (TPSA) is 101 Å². The van der Waals surface area contributed by atoms with Gasteiger partial charge in [0.05, 0.1) is 9.82 Å². The minimum atomic E-state index is -3.94. The summed E-state index contributed by atoms with van der Waals surface area (Å²) in [6.07, 6.45) is 0. The van der Waals surface area contributed by atoms with E-state index in [2.05, 4.69) is 10.0 Å². The summed E-state index contributed by atoms with van der Waals surface area (Å²) in [6.45, 7) is 2.36. The number of anilines is 2. The zero-order chi connectivity index (χ0) is 20.1. The van der Waals surface area contributed by atoms with Gasteiger partial charge in [-0.15, -0.1) is 0 Å². The second-order valence-corrected chi connectivity index (χ2v) is 7.93. The van der Waals surface area contributed by atoms with Gasteiger partial charge in [0.2, 0.25) is 0 Å². The lowest BCUT2D eigenvalue weighted by molar-refractivity contribution is -0.384. The second-order valence-electron chi connectivity index (χ2n) is 6.25. The molecule has 0 aliphatic carbocycles. The van der Waals surface area contributed by atoms with Crippen molar-refractivity contribution in [2.75, 3.05) is 10.0 Å². The molecular formula is C20H19N3O4S. The van der Waals surface area contributed by atoms with Crippen molar-refractivity contribution in [2.24, 2.45) is 0 Å². The molecule has 0 radical (unpaired) electrons. The van der Waals surface area contributed by atoms with Gasteiger partial charge in [-0.25, -0.2) is 8.42 Å². The summed E-state index contributed by atoms with van der Waals surface area (Å²) >= 11 is 0.